The Morgan fingerprint density at radius 1 is 1.35 bits per heavy atom. The summed E-state index contributed by atoms with van der Waals surface area (Å²) in [6.45, 7) is 8.82. The maximum atomic E-state index is 11.6. The largest absolute Gasteiger partial charge is 0.370 e. The van der Waals surface area contributed by atoms with Gasteiger partial charge in [0.25, 0.3) is 0 Å². The van der Waals surface area contributed by atoms with Gasteiger partial charge >= 0.3 is 0 Å². The van der Waals surface area contributed by atoms with Crippen molar-refractivity contribution >= 4 is 17.4 Å². The van der Waals surface area contributed by atoms with Gasteiger partial charge in [0, 0.05) is 43.9 Å². The molecular weight excluding hydrogens is 290 g/mol. The fraction of sp³-hybridized carbons (Fsp3) is 0.588. The van der Waals surface area contributed by atoms with Gasteiger partial charge in [0.1, 0.15) is 5.82 Å². The van der Waals surface area contributed by atoms with E-state index in [9.17, 15) is 4.79 Å². The summed E-state index contributed by atoms with van der Waals surface area (Å²) in [6, 6.07) is 4.07. The third-order valence-electron chi connectivity index (χ3n) is 4.24. The summed E-state index contributed by atoms with van der Waals surface area (Å²) in [5, 5.41) is 7.97. The van der Waals surface area contributed by atoms with Gasteiger partial charge < -0.3 is 10.2 Å². The Hall–Kier alpha value is -2.11. The number of likely N-dealkylation sites (tertiary alicyclic amines) is 1. The minimum atomic E-state index is 0.293. The average Bonchev–Trinajstić information content (AvgIpc) is 3.08. The van der Waals surface area contributed by atoms with Gasteiger partial charge in [-0.05, 0) is 25.7 Å². The van der Waals surface area contributed by atoms with Crippen LogP contribution in [0.4, 0.5) is 5.82 Å². The Bertz CT molecular complexity index is 706. The lowest BCUT2D eigenvalue weighted by Gasteiger charge is -2.16. The third kappa shape index (κ3) is 3.46. The number of nitrogens with one attached hydrogen (secondary N) is 1. The van der Waals surface area contributed by atoms with E-state index in [1.807, 2.05) is 22.4 Å². The molecule has 23 heavy (non-hydrogen) atoms. The predicted molar refractivity (Wildman–Crippen MR) is 90.7 cm³/mol. The number of carbonyl (C=O) groups is 1. The van der Waals surface area contributed by atoms with E-state index in [4.69, 9.17) is 0 Å². The van der Waals surface area contributed by atoms with Crippen LogP contribution in [0.1, 0.15) is 50.4 Å². The van der Waals surface area contributed by atoms with Crippen LogP contribution in [-0.4, -0.2) is 45.0 Å². The van der Waals surface area contributed by atoms with Crippen molar-refractivity contribution in [3.05, 3.63) is 23.5 Å². The predicted octanol–water partition coefficient (Wildman–Crippen LogP) is 2.59. The van der Waals surface area contributed by atoms with Gasteiger partial charge in [-0.15, -0.1) is 0 Å². The zero-order valence-electron chi connectivity index (χ0n) is 14.2. The molecule has 1 fully saturated rings. The first kappa shape index (κ1) is 15.8. The lowest BCUT2D eigenvalue weighted by atomic mass is 10.1. The van der Waals surface area contributed by atoms with Crippen molar-refractivity contribution in [3.63, 3.8) is 0 Å². The highest BCUT2D eigenvalue weighted by atomic mass is 16.2. The molecule has 2 aromatic rings. The smallest absolute Gasteiger partial charge is 0.222 e. The molecule has 3 heterocycles. The number of amides is 1. The van der Waals surface area contributed by atoms with E-state index in [2.05, 4.69) is 35.3 Å². The first-order valence-corrected chi connectivity index (χ1v) is 8.43. The van der Waals surface area contributed by atoms with Crippen LogP contribution in [-0.2, 0) is 4.79 Å². The van der Waals surface area contributed by atoms with Crippen molar-refractivity contribution in [3.8, 4) is 0 Å². The van der Waals surface area contributed by atoms with Gasteiger partial charge in [0.2, 0.25) is 5.91 Å². The molecule has 124 valence electrons. The molecule has 0 saturated carbocycles. The van der Waals surface area contributed by atoms with Crippen molar-refractivity contribution in [2.24, 2.45) is 0 Å². The molecule has 6 heteroatoms. The van der Waals surface area contributed by atoms with E-state index in [1.54, 1.807) is 0 Å². The van der Waals surface area contributed by atoms with Gasteiger partial charge in [0.05, 0.1) is 5.69 Å². The van der Waals surface area contributed by atoms with Gasteiger partial charge in [0.15, 0.2) is 5.65 Å². The molecule has 1 N–H and O–H groups in total. The zero-order valence-corrected chi connectivity index (χ0v) is 14.2. The molecule has 0 spiro atoms. The minimum absolute atomic E-state index is 0.293. The van der Waals surface area contributed by atoms with Crippen LogP contribution in [0.5, 0.6) is 0 Å². The molecular formula is C17H25N5O. The molecule has 1 saturated heterocycles. The number of carbonyl (C=O) groups excluding carboxylic acids is 1. The molecule has 1 aliphatic rings. The highest BCUT2D eigenvalue weighted by Gasteiger charge is 2.19. The van der Waals surface area contributed by atoms with Crippen molar-refractivity contribution in [1.82, 2.24) is 19.5 Å². The molecule has 2 aromatic heterocycles. The van der Waals surface area contributed by atoms with E-state index in [-0.39, 0.29) is 0 Å². The van der Waals surface area contributed by atoms with E-state index < -0.39 is 0 Å². The molecule has 0 atom stereocenters. The van der Waals surface area contributed by atoms with Gasteiger partial charge in [-0.2, -0.15) is 9.61 Å². The first-order valence-electron chi connectivity index (χ1n) is 8.43. The number of hydrogen-bond acceptors (Lipinski definition) is 4. The van der Waals surface area contributed by atoms with Crippen LogP contribution in [0.2, 0.25) is 0 Å². The highest BCUT2D eigenvalue weighted by Crippen LogP contribution is 2.19. The quantitative estimate of drug-likeness (QED) is 0.832. The van der Waals surface area contributed by atoms with Crippen molar-refractivity contribution in [2.75, 3.05) is 25.0 Å². The van der Waals surface area contributed by atoms with E-state index in [0.717, 1.165) is 55.3 Å². The van der Waals surface area contributed by atoms with Gasteiger partial charge in [-0.25, -0.2) is 4.98 Å². The molecule has 1 amide bonds. The Balaban J connectivity index is 1.67. The Kier molecular flexibility index (Phi) is 4.50. The van der Waals surface area contributed by atoms with Crippen LogP contribution in [0, 0.1) is 6.92 Å². The summed E-state index contributed by atoms with van der Waals surface area (Å²) in [7, 11) is 0. The molecule has 0 radical (unpaired) electrons. The highest BCUT2D eigenvalue weighted by molar-refractivity contribution is 5.78. The molecule has 0 bridgehead atoms. The van der Waals surface area contributed by atoms with Crippen LogP contribution < -0.4 is 5.32 Å². The SMILES string of the molecule is Cc1cc2nc(C(C)C)cc(NCCCN3CCCC3=O)n2n1. The van der Waals surface area contributed by atoms with E-state index in [1.165, 1.54) is 0 Å². The number of hydrogen-bond donors (Lipinski definition) is 1. The lowest BCUT2D eigenvalue weighted by molar-refractivity contribution is -0.127. The van der Waals surface area contributed by atoms with Crippen molar-refractivity contribution in [2.45, 2.75) is 46.0 Å². The Morgan fingerprint density at radius 3 is 2.87 bits per heavy atom. The maximum absolute atomic E-state index is 11.6. The number of nitrogens with zero attached hydrogens (tertiary/aromatic N) is 4. The normalized spacial score (nSPS) is 15.1. The van der Waals surface area contributed by atoms with Crippen LogP contribution in [0.15, 0.2) is 12.1 Å². The molecule has 3 rings (SSSR count). The number of fused-ring (bicyclic) bond motifs is 1. The second kappa shape index (κ2) is 6.56. The maximum Gasteiger partial charge on any atom is 0.222 e. The molecule has 0 aliphatic carbocycles. The van der Waals surface area contributed by atoms with Crippen LogP contribution >= 0.6 is 0 Å². The Morgan fingerprint density at radius 2 is 2.17 bits per heavy atom. The second-order valence-corrected chi connectivity index (χ2v) is 6.54. The summed E-state index contributed by atoms with van der Waals surface area (Å²) in [5.41, 5.74) is 2.91. The zero-order chi connectivity index (χ0) is 16.4. The Labute approximate surface area is 136 Å². The van der Waals surface area contributed by atoms with E-state index >= 15 is 0 Å². The first-order chi connectivity index (χ1) is 11.0. The van der Waals surface area contributed by atoms with Crippen molar-refractivity contribution < 1.29 is 4.79 Å². The number of aryl methyl sites for hydroxylation is 1. The van der Waals surface area contributed by atoms with Crippen LogP contribution in [0.25, 0.3) is 5.65 Å². The average molecular weight is 315 g/mol. The number of rotatable bonds is 6. The molecule has 6 nitrogen and oxygen atoms in total. The monoisotopic (exact) mass is 315 g/mol. The molecule has 1 aliphatic heterocycles. The fourth-order valence-corrected chi connectivity index (χ4v) is 2.96. The van der Waals surface area contributed by atoms with E-state index in [0.29, 0.717) is 18.2 Å². The molecule has 0 unspecified atom stereocenters. The lowest BCUT2D eigenvalue weighted by Crippen LogP contribution is -2.27. The topological polar surface area (TPSA) is 62.5 Å². The molecule has 0 aromatic carbocycles. The fourth-order valence-electron chi connectivity index (χ4n) is 2.96. The number of aromatic nitrogens is 3. The standard InChI is InChI=1S/C17H25N5O/c1-12(2)14-11-15(22-16(19-14)10-13(3)20-22)18-7-5-9-21-8-4-6-17(21)23/h10-12,18H,4-9H2,1-3H3. The summed E-state index contributed by atoms with van der Waals surface area (Å²) in [4.78, 5) is 18.2. The van der Waals surface area contributed by atoms with Crippen LogP contribution in [0.3, 0.4) is 0 Å². The third-order valence-corrected chi connectivity index (χ3v) is 4.24. The van der Waals surface area contributed by atoms with Crippen molar-refractivity contribution in [1.29, 1.82) is 0 Å². The number of anilines is 1. The second-order valence-electron chi connectivity index (χ2n) is 6.54. The summed E-state index contributed by atoms with van der Waals surface area (Å²) in [6.07, 6.45) is 2.65. The summed E-state index contributed by atoms with van der Waals surface area (Å²) < 4.78 is 1.86. The minimum Gasteiger partial charge on any atom is -0.370 e. The van der Waals surface area contributed by atoms with Gasteiger partial charge in [-0.1, -0.05) is 13.8 Å². The summed E-state index contributed by atoms with van der Waals surface area (Å²) in [5.74, 6) is 1.64. The summed E-state index contributed by atoms with van der Waals surface area (Å²) >= 11 is 0. The van der Waals surface area contributed by atoms with Gasteiger partial charge in [-0.3, -0.25) is 4.79 Å².